The summed E-state index contributed by atoms with van der Waals surface area (Å²) in [6.07, 6.45) is 4.09. The molecule has 162 valence electrons. The third kappa shape index (κ3) is 5.55. The monoisotopic (exact) mass is 421 g/mol. The van der Waals surface area contributed by atoms with Gasteiger partial charge in [-0.2, -0.15) is 4.98 Å². The number of nitrogens with one attached hydrogen (secondary N) is 3. The third-order valence-electron chi connectivity index (χ3n) is 5.08. The number of aromatic nitrogens is 2. The van der Waals surface area contributed by atoms with Crippen molar-refractivity contribution in [2.45, 2.75) is 18.9 Å². The van der Waals surface area contributed by atoms with Gasteiger partial charge < -0.3 is 30.2 Å². The Hall–Kier alpha value is -3.52. The summed E-state index contributed by atoms with van der Waals surface area (Å²) in [6.45, 7) is 1.84. The number of methoxy groups -OCH3 is 2. The standard InChI is InChI=1S/C23H27N5O3/c1-29-18-7-5-16(6-8-18)27-23-26-15-21(25-14-17-4-3-13-24-17)22(28-23)31-20-11-9-19(30-2)10-12-20/h5-12,15,17,24-25H,3-4,13-14H2,1-2H3,(H,26,27,28). The Bertz CT molecular complexity index is 974. The molecule has 0 aliphatic carbocycles. The highest BCUT2D eigenvalue weighted by Gasteiger charge is 2.16. The van der Waals surface area contributed by atoms with Crippen LogP contribution in [-0.4, -0.2) is 43.3 Å². The van der Waals surface area contributed by atoms with Gasteiger partial charge in [-0.3, -0.25) is 0 Å². The van der Waals surface area contributed by atoms with Gasteiger partial charge in [-0.1, -0.05) is 0 Å². The molecular formula is C23H27N5O3. The molecule has 0 saturated carbocycles. The molecule has 1 aromatic heterocycles. The van der Waals surface area contributed by atoms with Gasteiger partial charge >= 0.3 is 0 Å². The fourth-order valence-electron chi connectivity index (χ4n) is 3.35. The van der Waals surface area contributed by atoms with Crippen LogP contribution in [0.25, 0.3) is 0 Å². The van der Waals surface area contributed by atoms with E-state index in [2.05, 4.69) is 25.9 Å². The zero-order chi connectivity index (χ0) is 21.5. The van der Waals surface area contributed by atoms with Crippen molar-refractivity contribution in [3.63, 3.8) is 0 Å². The minimum Gasteiger partial charge on any atom is -0.497 e. The molecule has 3 aromatic rings. The van der Waals surface area contributed by atoms with Crippen molar-refractivity contribution in [2.75, 3.05) is 37.9 Å². The maximum Gasteiger partial charge on any atom is 0.247 e. The van der Waals surface area contributed by atoms with Crippen LogP contribution < -0.4 is 30.2 Å². The molecule has 0 bridgehead atoms. The molecule has 8 heteroatoms. The molecule has 0 radical (unpaired) electrons. The number of nitrogens with zero attached hydrogens (tertiary/aromatic N) is 2. The second-order valence-corrected chi connectivity index (χ2v) is 7.22. The van der Waals surface area contributed by atoms with Crippen molar-refractivity contribution < 1.29 is 14.2 Å². The van der Waals surface area contributed by atoms with E-state index >= 15 is 0 Å². The average Bonchev–Trinajstić information content (AvgIpc) is 3.33. The molecule has 1 aliphatic rings. The number of rotatable bonds is 9. The molecule has 1 atom stereocenters. The number of hydrogen-bond donors (Lipinski definition) is 3. The quantitative estimate of drug-likeness (QED) is 0.474. The maximum atomic E-state index is 6.09. The van der Waals surface area contributed by atoms with Crippen molar-refractivity contribution in [1.29, 1.82) is 0 Å². The lowest BCUT2D eigenvalue weighted by atomic mass is 10.2. The van der Waals surface area contributed by atoms with Crippen molar-refractivity contribution in [2.24, 2.45) is 0 Å². The lowest BCUT2D eigenvalue weighted by Gasteiger charge is -2.16. The fourth-order valence-corrected chi connectivity index (χ4v) is 3.35. The lowest BCUT2D eigenvalue weighted by molar-refractivity contribution is 0.412. The predicted octanol–water partition coefficient (Wildman–Crippen LogP) is 4.19. The summed E-state index contributed by atoms with van der Waals surface area (Å²) in [5, 5.41) is 10.1. The molecule has 1 unspecified atom stereocenters. The van der Waals surface area contributed by atoms with Gasteiger partial charge in [-0.05, 0) is 67.9 Å². The molecule has 1 aliphatic heterocycles. The summed E-state index contributed by atoms with van der Waals surface area (Å²) in [5.74, 6) is 3.11. The SMILES string of the molecule is COc1ccc(Nc2ncc(NCC3CCCN3)c(Oc3ccc(OC)cc3)n2)cc1. The molecule has 4 rings (SSSR count). The Morgan fingerprint density at radius 2 is 1.65 bits per heavy atom. The summed E-state index contributed by atoms with van der Waals surface area (Å²) in [7, 11) is 3.28. The third-order valence-corrected chi connectivity index (χ3v) is 5.08. The van der Waals surface area contributed by atoms with Crippen LogP contribution in [0.4, 0.5) is 17.3 Å². The van der Waals surface area contributed by atoms with Gasteiger partial charge in [0.25, 0.3) is 0 Å². The Morgan fingerprint density at radius 1 is 0.968 bits per heavy atom. The zero-order valence-electron chi connectivity index (χ0n) is 17.7. The van der Waals surface area contributed by atoms with Gasteiger partial charge in [0.2, 0.25) is 11.8 Å². The summed E-state index contributed by atoms with van der Waals surface area (Å²) in [6, 6.07) is 15.4. The van der Waals surface area contributed by atoms with E-state index in [0.29, 0.717) is 23.6 Å². The summed E-state index contributed by atoms with van der Waals surface area (Å²) < 4.78 is 16.5. The molecule has 0 amide bonds. The molecule has 3 N–H and O–H groups in total. The fraction of sp³-hybridized carbons (Fsp3) is 0.304. The van der Waals surface area contributed by atoms with Crippen LogP contribution in [0.5, 0.6) is 23.1 Å². The van der Waals surface area contributed by atoms with Gasteiger partial charge in [0.15, 0.2) is 0 Å². The number of anilines is 3. The van der Waals surface area contributed by atoms with E-state index in [0.717, 1.165) is 42.4 Å². The highest BCUT2D eigenvalue weighted by molar-refractivity contribution is 5.59. The minimum atomic E-state index is 0.436. The van der Waals surface area contributed by atoms with Crippen molar-refractivity contribution in [1.82, 2.24) is 15.3 Å². The van der Waals surface area contributed by atoms with Gasteiger partial charge in [0, 0.05) is 18.3 Å². The van der Waals surface area contributed by atoms with Crippen LogP contribution in [-0.2, 0) is 0 Å². The van der Waals surface area contributed by atoms with E-state index in [1.807, 2.05) is 48.5 Å². The van der Waals surface area contributed by atoms with E-state index in [1.165, 1.54) is 6.42 Å². The van der Waals surface area contributed by atoms with E-state index < -0.39 is 0 Å². The van der Waals surface area contributed by atoms with Crippen LogP contribution in [0.3, 0.4) is 0 Å². The van der Waals surface area contributed by atoms with Crippen molar-refractivity contribution in [3.8, 4) is 23.1 Å². The molecular weight excluding hydrogens is 394 g/mol. The second-order valence-electron chi connectivity index (χ2n) is 7.22. The van der Waals surface area contributed by atoms with Crippen molar-refractivity contribution >= 4 is 17.3 Å². The topological polar surface area (TPSA) is 89.6 Å². The number of ether oxygens (including phenoxy) is 3. The Kier molecular flexibility index (Phi) is 6.68. The summed E-state index contributed by atoms with van der Waals surface area (Å²) >= 11 is 0. The van der Waals surface area contributed by atoms with Crippen LogP contribution in [0.2, 0.25) is 0 Å². The number of hydrogen-bond acceptors (Lipinski definition) is 8. The van der Waals surface area contributed by atoms with Gasteiger partial charge in [0.1, 0.15) is 22.9 Å². The molecule has 8 nitrogen and oxygen atoms in total. The van der Waals surface area contributed by atoms with Crippen LogP contribution >= 0.6 is 0 Å². The second kappa shape index (κ2) is 9.99. The van der Waals surface area contributed by atoms with E-state index in [-0.39, 0.29) is 0 Å². The van der Waals surface area contributed by atoms with Gasteiger partial charge in [-0.15, -0.1) is 0 Å². The number of benzene rings is 2. The van der Waals surface area contributed by atoms with Gasteiger partial charge in [0.05, 0.1) is 20.4 Å². The Labute approximate surface area is 182 Å². The first-order valence-corrected chi connectivity index (χ1v) is 10.3. The van der Waals surface area contributed by atoms with Gasteiger partial charge in [-0.25, -0.2) is 4.98 Å². The smallest absolute Gasteiger partial charge is 0.247 e. The highest BCUT2D eigenvalue weighted by atomic mass is 16.5. The van der Waals surface area contributed by atoms with Crippen LogP contribution in [0, 0.1) is 0 Å². The molecule has 0 spiro atoms. The van der Waals surface area contributed by atoms with E-state index in [1.54, 1.807) is 20.4 Å². The summed E-state index contributed by atoms with van der Waals surface area (Å²) in [4.78, 5) is 9.06. The first kappa shape index (κ1) is 20.7. The average molecular weight is 422 g/mol. The van der Waals surface area contributed by atoms with Crippen LogP contribution in [0.1, 0.15) is 12.8 Å². The molecule has 1 fully saturated rings. The minimum absolute atomic E-state index is 0.436. The van der Waals surface area contributed by atoms with Crippen LogP contribution in [0.15, 0.2) is 54.7 Å². The Balaban J connectivity index is 1.53. The summed E-state index contributed by atoms with van der Waals surface area (Å²) in [5.41, 5.74) is 1.59. The molecule has 31 heavy (non-hydrogen) atoms. The first-order valence-electron chi connectivity index (χ1n) is 10.3. The Morgan fingerprint density at radius 3 is 2.29 bits per heavy atom. The lowest BCUT2D eigenvalue weighted by Crippen LogP contribution is -2.29. The molecule has 2 aromatic carbocycles. The van der Waals surface area contributed by atoms with E-state index in [4.69, 9.17) is 14.2 Å². The maximum absolute atomic E-state index is 6.09. The first-order chi connectivity index (χ1) is 15.2. The van der Waals surface area contributed by atoms with Crippen molar-refractivity contribution in [3.05, 3.63) is 54.7 Å². The molecule has 1 saturated heterocycles. The highest BCUT2D eigenvalue weighted by Crippen LogP contribution is 2.30. The largest absolute Gasteiger partial charge is 0.497 e. The predicted molar refractivity (Wildman–Crippen MR) is 121 cm³/mol. The molecule has 2 heterocycles. The van der Waals surface area contributed by atoms with E-state index in [9.17, 15) is 0 Å². The zero-order valence-corrected chi connectivity index (χ0v) is 17.7. The normalized spacial score (nSPS) is 15.4.